The maximum Gasteiger partial charge on any atom is 0.191 e. The third kappa shape index (κ3) is 5.53. The topological polar surface area (TPSA) is 58.5 Å². The number of nitrogens with one attached hydrogen (secondary N) is 2. The molecule has 0 bridgehead atoms. The average molecular weight is 387 g/mol. The number of hydrogen-bond acceptors (Lipinski definition) is 4. The molecule has 1 aliphatic heterocycles. The van der Waals surface area contributed by atoms with Gasteiger partial charge in [-0.15, -0.1) is 11.3 Å². The van der Waals surface area contributed by atoms with Crippen LogP contribution in [0.2, 0.25) is 0 Å². The molecular weight excluding hydrogens is 356 g/mol. The summed E-state index contributed by atoms with van der Waals surface area (Å²) < 4.78 is 6.14. The third-order valence-corrected chi connectivity index (χ3v) is 5.87. The van der Waals surface area contributed by atoms with Crippen LogP contribution in [0.15, 0.2) is 34.8 Å². The maximum atomic E-state index is 6.14. The van der Waals surface area contributed by atoms with Crippen molar-refractivity contribution in [3.63, 3.8) is 0 Å². The minimum atomic E-state index is 0.151. The number of thiazole rings is 1. The first-order valence-electron chi connectivity index (χ1n) is 9.76. The van der Waals surface area contributed by atoms with Crippen molar-refractivity contribution in [1.82, 2.24) is 15.6 Å². The molecule has 1 aliphatic rings. The number of rotatable bonds is 6. The van der Waals surface area contributed by atoms with Gasteiger partial charge in [0.2, 0.25) is 0 Å². The fourth-order valence-corrected chi connectivity index (χ4v) is 4.08. The molecule has 0 amide bonds. The van der Waals surface area contributed by atoms with Crippen LogP contribution >= 0.6 is 11.3 Å². The predicted molar refractivity (Wildman–Crippen MR) is 112 cm³/mol. The van der Waals surface area contributed by atoms with Gasteiger partial charge in [-0.1, -0.05) is 29.8 Å². The van der Waals surface area contributed by atoms with Crippen molar-refractivity contribution in [1.29, 1.82) is 0 Å². The normalized spacial score (nSPS) is 20.5. The second-order valence-electron chi connectivity index (χ2n) is 7.04. The van der Waals surface area contributed by atoms with Crippen LogP contribution in [0.4, 0.5) is 0 Å². The van der Waals surface area contributed by atoms with E-state index in [0.29, 0.717) is 12.5 Å². The summed E-state index contributed by atoms with van der Waals surface area (Å²) in [7, 11) is 0. The molecule has 1 aromatic carbocycles. The van der Waals surface area contributed by atoms with E-state index in [9.17, 15) is 0 Å². The van der Waals surface area contributed by atoms with Gasteiger partial charge in [0, 0.05) is 30.5 Å². The average Bonchev–Trinajstić information content (AvgIpc) is 3.10. The highest BCUT2D eigenvalue weighted by Crippen LogP contribution is 2.33. The molecule has 2 aromatic rings. The molecule has 146 valence electrons. The zero-order valence-electron chi connectivity index (χ0n) is 16.5. The lowest BCUT2D eigenvalue weighted by Crippen LogP contribution is -2.42. The standard InChI is InChI=1S/C21H30N4OS/c1-4-22-21(24-13-19-16(3)25-14-27-19)23-12-18-6-5-11-26-20(18)17-9-7-15(2)8-10-17/h7-10,14,18,20H,4-6,11-13H2,1-3H3,(H2,22,23,24). The van der Waals surface area contributed by atoms with Gasteiger partial charge in [-0.25, -0.2) is 9.98 Å². The summed E-state index contributed by atoms with van der Waals surface area (Å²) in [5.41, 5.74) is 5.50. The van der Waals surface area contributed by atoms with Crippen molar-refractivity contribution in [2.75, 3.05) is 19.7 Å². The highest BCUT2D eigenvalue weighted by atomic mass is 32.1. The summed E-state index contributed by atoms with van der Waals surface area (Å²) in [5.74, 6) is 1.30. The predicted octanol–water partition coefficient (Wildman–Crippen LogP) is 3.98. The second-order valence-corrected chi connectivity index (χ2v) is 7.98. The van der Waals surface area contributed by atoms with Crippen LogP contribution in [-0.2, 0) is 11.3 Å². The molecule has 2 atom stereocenters. The smallest absolute Gasteiger partial charge is 0.191 e. The van der Waals surface area contributed by atoms with Gasteiger partial charge in [-0.05, 0) is 39.2 Å². The first-order valence-corrected chi connectivity index (χ1v) is 10.6. The molecular formula is C21H30N4OS. The van der Waals surface area contributed by atoms with Gasteiger partial charge < -0.3 is 15.4 Å². The Bertz CT molecular complexity index is 741. The Balaban J connectivity index is 1.63. The lowest BCUT2D eigenvalue weighted by Gasteiger charge is -2.32. The molecule has 0 spiro atoms. The Hall–Kier alpha value is -1.92. The minimum absolute atomic E-state index is 0.151. The van der Waals surface area contributed by atoms with Crippen LogP contribution in [0, 0.1) is 19.8 Å². The van der Waals surface area contributed by atoms with Crippen LogP contribution in [0.1, 0.15) is 47.6 Å². The van der Waals surface area contributed by atoms with Crippen molar-refractivity contribution < 1.29 is 4.74 Å². The number of ether oxygens (including phenoxy) is 1. The van der Waals surface area contributed by atoms with Crippen LogP contribution in [-0.4, -0.2) is 30.6 Å². The summed E-state index contributed by atoms with van der Waals surface area (Å²) in [6.45, 7) is 9.44. The van der Waals surface area contributed by atoms with E-state index >= 15 is 0 Å². The van der Waals surface area contributed by atoms with Crippen LogP contribution < -0.4 is 10.6 Å². The van der Waals surface area contributed by atoms with Crippen molar-refractivity contribution in [2.45, 2.75) is 46.3 Å². The largest absolute Gasteiger partial charge is 0.373 e. The second kappa shape index (κ2) is 9.85. The lowest BCUT2D eigenvalue weighted by molar-refractivity contribution is -0.0265. The van der Waals surface area contributed by atoms with Crippen molar-refractivity contribution in [3.05, 3.63) is 51.5 Å². The Morgan fingerprint density at radius 3 is 2.78 bits per heavy atom. The van der Waals surface area contributed by atoms with E-state index in [0.717, 1.165) is 37.8 Å². The van der Waals surface area contributed by atoms with Gasteiger partial charge in [-0.2, -0.15) is 0 Å². The number of aryl methyl sites for hydroxylation is 2. The Labute approximate surface area is 166 Å². The highest BCUT2D eigenvalue weighted by Gasteiger charge is 2.27. The number of benzene rings is 1. The van der Waals surface area contributed by atoms with E-state index < -0.39 is 0 Å². The van der Waals surface area contributed by atoms with E-state index in [1.807, 2.05) is 12.4 Å². The molecule has 5 nitrogen and oxygen atoms in total. The summed E-state index contributed by atoms with van der Waals surface area (Å²) in [6, 6.07) is 8.73. The van der Waals surface area contributed by atoms with Gasteiger partial charge in [0.15, 0.2) is 5.96 Å². The van der Waals surface area contributed by atoms with Crippen LogP contribution in [0.25, 0.3) is 0 Å². The molecule has 1 saturated heterocycles. The summed E-state index contributed by atoms with van der Waals surface area (Å²) in [4.78, 5) is 10.2. The van der Waals surface area contributed by atoms with Crippen LogP contribution in [0.3, 0.4) is 0 Å². The summed E-state index contributed by atoms with van der Waals surface area (Å²) in [6.07, 6.45) is 2.43. The molecule has 0 saturated carbocycles. The molecule has 3 rings (SSSR count). The van der Waals surface area contributed by atoms with E-state index in [2.05, 4.69) is 53.7 Å². The maximum absolute atomic E-state index is 6.14. The number of guanidine groups is 1. The van der Waals surface area contributed by atoms with Crippen molar-refractivity contribution >= 4 is 17.3 Å². The molecule has 2 unspecified atom stereocenters. The molecule has 1 aromatic heterocycles. The molecule has 2 N–H and O–H groups in total. The third-order valence-electron chi connectivity index (χ3n) is 4.95. The first-order chi connectivity index (χ1) is 13.2. The molecule has 0 radical (unpaired) electrons. The molecule has 1 fully saturated rings. The monoisotopic (exact) mass is 386 g/mol. The number of nitrogens with zero attached hydrogens (tertiary/aromatic N) is 2. The number of aromatic nitrogens is 1. The summed E-state index contributed by atoms with van der Waals surface area (Å²) in [5, 5.41) is 6.87. The lowest BCUT2D eigenvalue weighted by atomic mass is 9.89. The molecule has 0 aliphatic carbocycles. The number of aliphatic imine (C=N–C) groups is 1. The fourth-order valence-electron chi connectivity index (χ4n) is 3.38. The Kier molecular flexibility index (Phi) is 7.24. The molecule has 6 heteroatoms. The van der Waals surface area contributed by atoms with Gasteiger partial charge >= 0.3 is 0 Å². The van der Waals surface area contributed by atoms with Gasteiger partial charge in [0.1, 0.15) is 0 Å². The fraction of sp³-hybridized carbons (Fsp3) is 0.524. The van der Waals surface area contributed by atoms with E-state index in [1.54, 1.807) is 11.3 Å². The highest BCUT2D eigenvalue weighted by molar-refractivity contribution is 7.09. The zero-order chi connectivity index (χ0) is 19.1. The van der Waals surface area contributed by atoms with Gasteiger partial charge in [0.25, 0.3) is 0 Å². The molecule has 27 heavy (non-hydrogen) atoms. The minimum Gasteiger partial charge on any atom is -0.373 e. The van der Waals surface area contributed by atoms with Gasteiger partial charge in [-0.3, -0.25) is 0 Å². The van der Waals surface area contributed by atoms with E-state index in [1.165, 1.54) is 22.4 Å². The Morgan fingerprint density at radius 1 is 1.26 bits per heavy atom. The zero-order valence-corrected chi connectivity index (χ0v) is 17.3. The SMILES string of the molecule is CCNC(=NCc1scnc1C)NCC1CCCOC1c1ccc(C)cc1. The van der Waals surface area contributed by atoms with Gasteiger partial charge in [0.05, 0.1) is 23.9 Å². The quantitative estimate of drug-likeness (QED) is 0.582. The Morgan fingerprint density at radius 2 is 2.07 bits per heavy atom. The number of hydrogen-bond donors (Lipinski definition) is 2. The molecule has 2 heterocycles. The van der Waals surface area contributed by atoms with Crippen molar-refractivity contribution in [2.24, 2.45) is 10.9 Å². The summed E-state index contributed by atoms with van der Waals surface area (Å²) >= 11 is 1.66. The van der Waals surface area contributed by atoms with E-state index in [4.69, 9.17) is 9.73 Å². The van der Waals surface area contributed by atoms with E-state index in [-0.39, 0.29) is 6.10 Å². The first kappa shape index (κ1) is 19.8. The van der Waals surface area contributed by atoms with Crippen molar-refractivity contribution in [3.8, 4) is 0 Å². The van der Waals surface area contributed by atoms with Crippen LogP contribution in [0.5, 0.6) is 0 Å².